The molecule has 3 aromatic rings. The third-order valence-corrected chi connectivity index (χ3v) is 3.99. The molecule has 3 rings (SSSR count). The second kappa shape index (κ2) is 7.51. The first-order valence-electron chi connectivity index (χ1n) is 8.09. The molecule has 0 heterocycles. The first-order chi connectivity index (χ1) is 13.3. The summed E-state index contributed by atoms with van der Waals surface area (Å²) in [6, 6.07) is 18.6. The summed E-state index contributed by atoms with van der Waals surface area (Å²) in [5.41, 5.74) is -0.129. The number of hydrogen-bond donors (Lipinski definition) is 0. The van der Waals surface area contributed by atoms with Gasteiger partial charge in [-0.05, 0) is 46.5 Å². The van der Waals surface area contributed by atoms with Gasteiger partial charge in [-0.1, -0.05) is 48.5 Å². The monoisotopic (exact) mass is 386 g/mol. The van der Waals surface area contributed by atoms with Crippen molar-refractivity contribution in [2.75, 3.05) is 5.01 Å². The number of alkyl halides is 3. The number of halogens is 3. The molecule has 3 aromatic carbocycles. The van der Waals surface area contributed by atoms with Gasteiger partial charge in [0.1, 0.15) is 5.69 Å². The molecule has 0 atom stereocenters. The van der Waals surface area contributed by atoms with Gasteiger partial charge in [0.05, 0.1) is 5.56 Å². The van der Waals surface area contributed by atoms with Gasteiger partial charge in [0.15, 0.2) is 5.03 Å². The lowest BCUT2D eigenvalue weighted by molar-refractivity contribution is -0.481. The highest BCUT2D eigenvalue weighted by molar-refractivity contribution is 6.05. The first-order valence-corrected chi connectivity index (χ1v) is 8.09. The van der Waals surface area contributed by atoms with Crippen molar-refractivity contribution < 1.29 is 23.0 Å². The Bertz CT molecular complexity index is 1020. The lowest BCUT2D eigenvalue weighted by Gasteiger charge is -2.15. The molecule has 28 heavy (non-hydrogen) atoms. The number of nitrogens with zero attached hydrogens (tertiary/aromatic N) is 2. The zero-order valence-electron chi connectivity index (χ0n) is 14.3. The van der Waals surface area contributed by atoms with Gasteiger partial charge in [0, 0.05) is 5.56 Å². The first kappa shape index (κ1) is 19.1. The van der Waals surface area contributed by atoms with Gasteiger partial charge in [-0.15, -0.1) is 0 Å². The molecule has 0 saturated carbocycles. The van der Waals surface area contributed by atoms with Crippen molar-refractivity contribution in [1.82, 2.24) is 0 Å². The molecule has 0 unspecified atom stereocenters. The Morgan fingerprint density at radius 1 is 0.857 bits per heavy atom. The normalized spacial score (nSPS) is 11.1. The predicted octanol–water partition coefficient (Wildman–Crippen LogP) is 5.21. The number of rotatable bonds is 4. The van der Waals surface area contributed by atoms with Crippen molar-refractivity contribution in [3.05, 3.63) is 100 Å². The van der Waals surface area contributed by atoms with E-state index in [2.05, 4.69) is 0 Å². The summed E-state index contributed by atoms with van der Waals surface area (Å²) in [6.45, 7) is 0. The van der Waals surface area contributed by atoms with Crippen molar-refractivity contribution in [2.24, 2.45) is 0 Å². The Morgan fingerprint density at radius 2 is 1.50 bits per heavy atom. The Morgan fingerprint density at radius 3 is 2.14 bits per heavy atom. The molecule has 0 saturated heterocycles. The van der Waals surface area contributed by atoms with Crippen LogP contribution < -0.4 is 5.01 Å². The summed E-state index contributed by atoms with van der Waals surface area (Å²) in [4.78, 5) is 24.2. The average molecular weight is 386 g/mol. The van der Waals surface area contributed by atoms with E-state index >= 15 is 0 Å². The summed E-state index contributed by atoms with van der Waals surface area (Å²) in [5.74, 6) is -1.04. The maximum atomic E-state index is 12.9. The lowest BCUT2D eigenvalue weighted by atomic mass is 10.0. The predicted molar refractivity (Wildman–Crippen MR) is 97.1 cm³/mol. The van der Waals surface area contributed by atoms with Crippen molar-refractivity contribution in [3.63, 3.8) is 0 Å². The summed E-state index contributed by atoms with van der Waals surface area (Å²) >= 11 is 0. The number of hydrazine groups is 1. The number of carbonyl (C=O) groups is 1. The van der Waals surface area contributed by atoms with Crippen LogP contribution in [0.2, 0.25) is 0 Å². The Kier molecular flexibility index (Phi) is 5.12. The topological polar surface area (TPSA) is 63.5 Å². The van der Waals surface area contributed by atoms with Gasteiger partial charge in [-0.3, -0.25) is 4.79 Å². The highest BCUT2D eigenvalue weighted by atomic mass is 19.4. The minimum atomic E-state index is -4.69. The highest BCUT2D eigenvalue weighted by Gasteiger charge is 2.34. The number of nitro groups is 1. The molecular weight excluding hydrogens is 373 g/mol. The van der Waals surface area contributed by atoms with Crippen molar-refractivity contribution in [1.29, 1.82) is 0 Å². The van der Waals surface area contributed by atoms with Gasteiger partial charge < -0.3 is 0 Å². The van der Waals surface area contributed by atoms with Crippen molar-refractivity contribution >= 4 is 11.6 Å². The van der Waals surface area contributed by atoms with E-state index in [1.54, 1.807) is 24.3 Å². The number of hydrogen-bond acceptors (Lipinski definition) is 3. The molecule has 0 bridgehead atoms. The molecule has 1 amide bonds. The average Bonchev–Trinajstić information content (AvgIpc) is 2.68. The largest absolute Gasteiger partial charge is 0.416 e. The van der Waals surface area contributed by atoms with Crippen LogP contribution in [0.5, 0.6) is 0 Å². The smallest absolute Gasteiger partial charge is 0.262 e. The second-order valence-electron chi connectivity index (χ2n) is 5.85. The van der Waals surface area contributed by atoms with E-state index in [9.17, 15) is 28.1 Å². The fraction of sp³-hybridized carbons (Fsp3) is 0.0500. The minimum absolute atomic E-state index is 0.0181. The van der Waals surface area contributed by atoms with Gasteiger partial charge >= 0.3 is 12.1 Å². The molecule has 0 aliphatic carbocycles. The maximum absolute atomic E-state index is 12.9. The highest BCUT2D eigenvalue weighted by Crippen LogP contribution is 2.32. The fourth-order valence-corrected chi connectivity index (χ4v) is 2.68. The zero-order chi connectivity index (χ0) is 20.3. The molecule has 8 heteroatoms. The van der Waals surface area contributed by atoms with Crippen LogP contribution >= 0.6 is 0 Å². The summed E-state index contributed by atoms with van der Waals surface area (Å²) in [5, 5.41) is 10.5. The molecule has 0 aliphatic rings. The molecule has 0 radical (unpaired) electrons. The van der Waals surface area contributed by atoms with E-state index in [1.165, 1.54) is 12.1 Å². The molecular formula is C20H13F3N2O3. The summed E-state index contributed by atoms with van der Waals surface area (Å²) < 4.78 is 38.8. The van der Waals surface area contributed by atoms with Crippen LogP contribution in [0.4, 0.5) is 18.9 Å². The maximum Gasteiger partial charge on any atom is 0.416 e. The Labute approximate surface area is 157 Å². The Balaban J connectivity index is 2.01. The van der Waals surface area contributed by atoms with Crippen LogP contribution in [0.25, 0.3) is 11.1 Å². The third kappa shape index (κ3) is 4.01. The Hall–Kier alpha value is -3.68. The SMILES string of the molecule is O=C(c1cccc(-c2ccccc2)c1)N(c1cccc(C(F)(F)F)c1)[N+](=O)[O-]. The molecule has 0 aromatic heterocycles. The van der Waals surface area contributed by atoms with Crippen LogP contribution in [-0.2, 0) is 6.18 Å². The third-order valence-electron chi connectivity index (χ3n) is 3.99. The molecule has 0 N–H and O–H groups in total. The van der Waals surface area contributed by atoms with Crippen LogP contribution in [0.15, 0.2) is 78.9 Å². The van der Waals surface area contributed by atoms with Crippen molar-refractivity contribution in [3.8, 4) is 11.1 Å². The van der Waals surface area contributed by atoms with Crippen LogP contribution in [0, 0.1) is 10.1 Å². The van der Waals surface area contributed by atoms with Gasteiger partial charge in [-0.2, -0.15) is 13.2 Å². The number of carbonyl (C=O) groups excluding carboxylic acids is 1. The van der Waals surface area contributed by atoms with E-state index in [1.807, 2.05) is 18.2 Å². The van der Waals surface area contributed by atoms with Gasteiger partial charge in [0.2, 0.25) is 0 Å². The van der Waals surface area contributed by atoms with E-state index in [0.29, 0.717) is 11.6 Å². The molecule has 0 aliphatic heterocycles. The number of amides is 1. The van der Waals surface area contributed by atoms with Crippen LogP contribution in [-0.4, -0.2) is 10.9 Å². The molecule has 0 fully saturated rings. The minimum Gasteiger partial charge on any atom is -0.262 e. The lowest BCUT2D eigenvalue weighted by Crippen LogP contribution is -2.36. The second-order valence-corrected chi connectivity index (χ2v) is 5.85. The fourth-order valence-electron chi connectivity index (χ4n) is 2.68. The zero-order valence-corrected chi connectivity index (χ0v) is 14.3. The van der Waals surface area contributed by atoms with E-state index < -0.39 is 28.4 Å². The molecule has 142 valence electrons. The number of anilines is 1. The number of benzene rings is 3. The standard InChI is InChI=1S/C20H13F3N2O3/c21-20(22,23)17-10-5-11-18(13-17)24(25(27)28)19(26)16-9-4-8-15(12-16)14-6-2-1-3-7-14/h1-13H. The summed E-state index contributed by atoms with van der Waals surface area (Å²) in [7, 11) is 0. The quantitative estimate of drug-likeness (QED) is 0.457. The van der Waals surface area contributed by atoms with E-state index in [4.69, 9.17) is 0 Å². The van der Waals surface area contributed by atoms with Gasteiger partial charge in [-0.25, -0.2) is 10.1 Å². The summed E-state index contributed by atoms with van der Waals surface area (Å²) in [6.07, 6.45) is -4.69. The van der Waals surface area contributed by atoms with E-state index in [-0.39, 0.29) is 10.6 Å². The van der Waals surface area contributed by atoms with Crippen LogP contribution in [0.3, 0.4) is 0 Å². The van der Waals surface area contributed by atoms with Crippen molar-refractivity contribution in [2.45, 2.75) is 6.18 Å². The molecule has 0 spiro atoms. The van der Waals surface area contributed by atoms with E-state index in [0.717, 1.165) is 23.8 Å². The van der Waals surface area contributed by atoms with Crippen LogP contribution in [0.1, 0.15) is 15.9 Å². The van der Waals surface area contributed by atoms with Gasteiger partial charge in [0.25, 0.3) is 0 Å². The molecule has 5 nitrogen and oxygen atoms in total.